The van der Waals surface area contributed by atoms with Gasteiger partial charge in [0.2, 0.25) is 0 Å². The van der Waals surface area contributed by atoms with Crippen molar-refractivity contribution in [1.29, 1.82) is 0 Å². The molecule has 1 aliphatic rings. The molecule has 0 spiro atoms. The molecule has 0 radical (unpaired) electrons. The molecule has 2 heterocycles. The average molecular weight is 509 g/mol. The van der Waals surface area contributed by atoms with Crippen molar-refractivity contribution in [3.8, 4) is 0 Å². The SMILES string of the molecule is CCOC(CCNC(=NC)NCC(C)N1CCc2sccc2C1)C(C)C.I. The third kappa shape index (κ3) is 7.87. The van der Waals surface area contributed by atoms with Gasteiger partial charge >= 0.3 is 0 Å². The van der Waals surface area contributed by atoms with E-state index in [9.17, 15) is 0 Å². The number of fused-ring (bicyclic) bond motifs is 1. The molecule has 2 unspecified atom stereocenters. The van der Waals surface area contributed by atoms with E-state index < -0.39 is 0 Å². The lowest BCUT2D eigenvalue weighted by Crippen LogP contribution is -2.47. The fourth-order valence-corrected chi connectivity index (χ4v) is 4.29. The van der Waals surface area contributed by atoms with Crippen LogP contribution in [0, 0.1) is 5.92 Å². The summed E-state index contributed by atoms with van der Waals surface area (Å²) in [5.41, 5.74) is 1.51. The van der Waals surface area contributed by atoms with Gasteiger partial charge in [-0.3, -0.25) is 9.89 Å². The number of aliphatic imine (C=N–C) groups is 1. The van der Waals surface area contributed by atoms with E-state index in [0.717, 1.165) is 45.2 Å². The molecule has 2 N–H and O–H groups in total. The van der Waals surface area contributed by atoms with Crippen LogP contribution in [0.2, 0.25) is 0 Å². The largest absolute Gasteiger partial charge is 0.378 e. The van der Waals surface area contributed by atoms with Gasteiger partial charge in [0, 0.05) is 50.8 Å². The maximum Gasteiger partial charge on any atom is 0.191 e. The van der Waals surface area contributed by atoms with Gasteiger partial charge in [-0.2, -0.15) is 0 Å². The van der Waals surface area contributed by atoms with E-state index in [4.69, 9.17) is 4.74 Å². The number of nitrogens with one attached hydrogen (secondary N) is 2. The van der Waals surface area contributed by atoms with Crippen molar-refractivity contribution in [3.05, 3.63) is 21.9 Å². The van der Waals surface area contributed by atoms with Crippen molar-refractivity contribution in [2.45, 2.75) is 59.2 Å². The number of thiophene rings is 1. The first-order valence-electron chi connectivity index (χ1n) is 9.90. The fraction of sp³-hybridized carbons (Fsp3) is 0.750. The van der Waals surface area contributed by atoms with Gasteiger partial charge in [0.05, 0.1) is 6.10 Å². The van der Waals surface area contributed by atoms with Gasteiger partial charge in [0.15, 0.2) is 5.96 Å². The first-order chi connectivity index (χ1) is 12.5. The number of rotatable bonds is 9. The maximum absolute atomic E-state index is 5.81. The lowest BCUT2D eigenvalue weighted by Gasteiger charge is -2.32. The molecule has 0 amide bonds. The van der Waals surface area contributed by atoms with E-state index >= 15 is 0 Å². The molecule has 1 aromatic rings. The summed E-state index contributed by atoms with van der Waals surface area (Å²) in [7, 11) is 1.83. The number of guanidine groups is 1. The molecule has 2 rings (SSSR count). The van der Waals surface area contributed by atoms with Crippen LogP contribution in [0.15, 0.2) is 16.4 Å². The first kappa shape index (κ1) is 24.7. The molecule has 0 bridgehead atoms. The summed E-state index contributed by atoms with van der Waals surface area (Å²) in [5.74, 6) is 1.41. The number of nitrogens with zero attached hydrogens (tertiary/aromatic N) is 2. The molecule has 5 nitrogen and oxygen atoms in total. The van der Waals surface area contributed by atoms with Crippen molar-refractivity contribution < 1.29 is 4.74 Å². The average Bonchev–Trinajstić information content (AvgIpc) is 3.10. The second-order valence-corrected chi connectivity index (χ2v) is 8.35. The highest BCUT2D eigenvalue weighted by atomic mass is 127. The third-order valence-electron chi connectivity index (χ3n) is 5.09. The van der Waals surface area contributed by atoms with Gasteiger partial charge in [-0.1, -0.05) is 13.8 Å². The number of hydrogen-bond acceptors (Lipinski definition) is 4. The van der Waals surface area contributed by atoms with E-state index in [1.54, 1.807) is 4.88 Å². The van der Waals surface area contributed by atoms with Gasteiger partial charge in [0.25, 0.3) is 0 Å². The summed E-state index contributed by atoms with van der Waals surface area (Å²) in [6.07, 6.45) is 2.48. The number of halogens is 1. The Morgan fingerprint density at radius 1 is 1.33 bits per heavy atom. The molecule has 0 aromatic carbocycles. The van der Waals surface area contributed by atoms with Gasteiger partial charge in [-0.15, -0.1) is 35.3 Å². The van der Waals surface area contributed by atoms with Crippen LogP contribution in [0.25, 0.3) is 0 Å². The summed E-state index contributed by atoms with van der Waals surface area (Å²) >= 11 is 1.90. The molecule has 0 aliphatic carbocycles. The van der Waals surface area contributed by atoms with Crippen LogP contribution < -0.4 is 10.6 Å². The molecule has 1 aromatic heterocycles. The summed E-state index contributed by atoms with van der Waals surface area (Å²) in [6.45, 7) is 13.5. The number of ether oxygens (including phenoxy) is 1. The second-order valence-electron chi connectivity index (χ2n) is 7.34. The van der Waals surface area contributed by atoms with Gasteiger partial charge in [-0.05, 0) is 49.6 Å². The molecule has 1 aliphatic heterocycles. The molecule has 0 saturated heterocycles. The Morgan fingerprint density at radius 3 is 2.78 bits per heavy atom. The zero-order valence-corrected chi connectivity index (χ0v) is 20.6. The standard InChI is InChI=1S/C20H36N4OS.HI/c1-6-25-18(15(2)3)7-10-22-20(21-5)23-13-16(4)24-11-8-19-17(14-24)9-12-26-19;/h9,12,15-16,18H,6-8,10-11,13-14H2,1-5H3,(H2,21,22,23);1H. The predicted octanol–water partition coefficient (Wildman–Crippen LogP) is 3.73. The summed E-state index contributed by atoms with van der Waals surface area (Å²) in [4.78, 5) is 8.47. The molecule has 7 heteroatoms. The van der Waals surface area contributed by atoms with E-state index in [0.29, 0.717) is 18.1 Å². The van der Waals surface area contributed by atoms with E-state index in [-0.39, 0.29) is 24.0 Å². The third-order valence-corrected chi connectivity index (χ3v) is 6.12. The quantitative estimate of drug-likeness (QED) is 0.303. The van der Waals surface area contributed by atoms with Crippen molar-refractivity contribution in [1.82, 2.24) is 15.5 Å². The zero-order valence-electron chi connectivity index (χ0n) is 17.5. The normalized spacial score (nSPS) is 17.2. The van der Waals surface area contributed by atoms with Gasteiger partial charge < -0.3 is 15.4 Å². The topological polar surface area (TPSA) is 48.9 Å². The minimum Gasteiger partial charge on any atom is -0.378 e. The van der Waals surface area contributed by atoms with Crippen LogP contribution in [-0.4, -0.2) is 56.3 Å². The van der Waals surface area contributed by atoms with Crippen LogP contribution in [0.3, 0.4) is 0 Å². The highest BCUT2D eigenvalue weighted by Gasteiger charge is 2.21. The Bertz CT molecular complexity index is 564. The summed E-state index contributed by atoms with van der Waals surface area (Å²) < 4.78 is 5.81. The van der Waals surface area contributed by atoms with E-state index in [1.165, 1.54) is 12.0 Å². The van der Waals surface area contributed by atoms with Crippen LogP contribution >= 0.6 is 35.3 Å². The fourth-order valence-electron chi connectivity index (χ4n) is 3.40. The van der Waals surface area contributed by atoms with Crippen LogP contribution in [0.5, 0.6) is 0 Å². The smallest absolute Gasteiger partial charge is 0.191 e. The van der Waals surface area contributed by atoms with Gasteiger partial charge in [-0.25, -0.2) is 0 Å². The van der Waals surface area contributed by atoms with Crippen LogP contribution in [-0.2, 0) is 17.7 Å². The minimum absolute atomic E-state index is 0. The maximum atomic E-state index is 5.81. The second kappa shape index (κ2) is 13.0. The highest BCUT2D eigenvalue weighted by molar-refractivity contribution is 14.0. The lowest BCUT2D eigenvalue weighted by atomic mass is 10.0. The molecule has 27 heavy (non-hydrogen) atoms. The molecule has 156 valence electrons. The number of hydrogen-bond donors (Lipinski definition) is 2. The predicted molar refractivity (Wildman–Crippen MR) is 128 cm³/mol. The minimum atomic E-state index is 0. The molecular formula is C20H37IN4OS. The van der Waals surface area contributed by atoms with Crippen molar-refractivity contribution >= 4 is 41.3 Å². The summed E-state index contributed by atoms with van der Waals surface area (Å²) in [6, 6.07) is 2.75. The molecule has 2 atom stereocenters. The Labute approximate surface area is 186 Å². The molecule has 0 saturated carbocycles. The van der Waals surface area contributed by atoms with Crippen LogP contribution in [0.1, 0.15) is 44.6 Å². The van der Waals surface area contributed by atoms with E-state index in [1.807, 2.05) is 18.4 Å². The van der Waals surface area contributed by atoms with Crippen molar-refractivity contribution in [2.24, 2.45) is 10.9 Å². The van der Waals surface area contributed by atoms with Crippen molar-refractivity contribution in [3.63, 3.8) is 0 Å². The zero-order chi connectivity index (χ0) is 18.9. The lowest BCUT2D eigenvalue weighted by molar-refractivity contribution is 0.0258. The first-order valence-corrected chi connectivity index (χ1v) is 10.8. The highest BCUT2D eigenvalue weighted by Crippen LogP contribution is 2.24. The molecule has 0 fully saturated rings. The Hall–Kier alpha value is -0.380. The summed E-state index contributed by atoms with van der Waals surface area (Å²) in [5, 5.41) is 9.12. The monoisotopic (exact) mass is 508 g/mol. The van der Waals surface area contributed by atoms with Gasteiger partial charge in [0.1, 0.15) is 0 Å². The van der Waals surface area contributed by atoms with Crippen LogP contribution in [0.4, 0.5) is 0 Å². The Morgan fingerprint density at radius 2 is 2.11 bits per heavy atom. The Kier molecular flexibility index (Phi) is 11.8. The molecular weight excluding hydrogens is 471 g/mol. The van der Waals surface area contributed by atoms with E-state index in [2.05, 4.69) is 59.7 Å². The Balaban J connectivity index is 0.00000364. The van der Waals surface area contributed by atoms with Crippen molar-refractivity contribution in [2.75, 3.05) is 33.3 Å².